The second-order valence-corrected chi connectivity index (χ2v) is 9.07. The lowest BCUT2D eigenvalue weighted by Crippen LogP contribution is -2.35. The fraction of sp³-hybridized carbons (Fsp3) is 0.579. The van der Waals surface area contributed by atoms with Crippen LogP contribution in [0.3, 0.4) is 0 Å². The van der Waals surface area contributed by atoms with Crippen LogP contribution in [0, 0.1) is 0 Å². The molecule has 0 aromatic heterocycles. The summed E-state index contributed by atoms with van der Waals surface area (Å²) in [5.74, 6) is -1.24. The van der Waals surface area contributed by atoms with Gasteiger partial charge >= 0.3 is 27.7 Å². The Kier molecular flexibility index (Phi) is 9.75. The lowest BCUT2D eigenvalue weighted by Gasteiger charge is -2.20. The molecular formula is C19H26F3NO7S. The molecule has 0 radical (unpaired) electrons. The van der Waals surface area contributed by atoms with E-state index < -0.39 is 39.4 Å². The van der Waals surface area contributed by atoms with Crippen molar-refractivity contribution < 1.29 is 44.8 Å². The number of unbranched alkanes of at least 4 members (excludes halogenated alkanes) is 1. The summed E-state index contributed by atoms with van der Waals surface area (Å²) in [6.07, 6.45) is -2.70. The quantitative estimate of drug-likeness (QED) is 0.241. The van der Waals surface area contributed by atoms with E-state index in [-0.39, 0.29) is 32.4 Å². The number of carbonyl (C=O) groups excluding carboxylic acids is 2. The van der Waals surface area contributed by atoms with Gasteiger partial charge in [0.2, 0.25) is 0 Å². The molecule has 1 aromatic rings. The maximum Gasteiger partial charge on any atom is 0.523 e. The number of hydrogen-bond donors (Lipinski definition) is 1. The van der Waals surface area contributed by atoms with Gasteiger partial charge in [0.15, 0.2) is 6.10 Å². The van der Waals surface area contributed by atoms with Gasteiger partial charge in [0.25, 0.3) is 0 Å². The van der Waals surface area contributed by atoms with E-state index in [9.17, 15) is 31.2 Å². The number of hydrogen-bond acceptors (Lipinski definition) is 7. The molecule has 0 saturated carbocycles. The Morgan fingerprint density at radius 3 is 2.23 bits per heavy atom. The van der Waals surface area contributed by atoms with Gasteiger partial charge < -0.3 is 14.8 Å². The van der Waals surface area contributed by atoms with Crippen molar-refractivity contribution in [2.45, 2.75) is 63.9 Å². The molecule has 0 bridgehead atoms. The summed E-state index contributed by atoms with van der Waals surface area (Å²) in [4.78, 5) is 23.7. The van der Waals surface area contributed by atoms with E-state index in [1.54, 1.807) is 51.1 Å². The highest BCUT2D eigenvalue weighted by Gasteiger charge is 2.49. The van der Waals surface area contributed by atoms with Crippen LogP contribution in [-0.2, 0) is 35.2 Å². The molecule has 1 N–H and O–H groups in total. The average molecular weight is 469 g/mol. The smallest absolute Gasteiger partial charge is 0.459 e. The zero-order chi connectivity index (χ0) is 23.7. The molecular weight excluding hydrogens is 443 g/mol. The summed E-state index contributed by atoms with van der Waals surface area (Å²) in [6.45, 7) is 4.88. The molecule has 1 unspecified atom stereocenters. The molecule has 0 saturated heterocycles. The van der Waals surface area contributed by atoms with Crippen molar-refractivity contribution in [3.63, 3.8) is 0 Å². The molecule has 0 fully saturated rings. The summed E-state index contributed by atoms with van der Waals surface area (Å²) >= 11 is 0. The molecule has 12 heteroatoms. The minimum atomic E-state index is -5.99. The van der Waals surface area contributed by atoms with Gasteiger partial charge in [-0.15, -0.1) is 0 Å². The SMILES string of the molecule is CC(C)(C)OC(=O)NCCCCC(OS(=O)(=O)C(F)(F)F)C(=O)OCc1ccccc1. The van der Waals surface area contributed by atoms with Crippen molar-refractivity contribution in [2.24, 2.45) is 0 Å². The van der Waals surface area contributed by atoms with Crippen LogP contribution in [0.25, 0.3) is 0 Å². The van der Waals surface area contributed by atoms with E-state index in [0.29, 0.717) is 5.56 Å². The van der Waals surface area contributed by atoms with Crippen molar-refractivity contribution in [3.05, 3.63) is 35.9 Å². The number of alkyl halides is 3. The van der Waals surface area contributed by atoms with Gasteiger partial charge in [0.05, 0.1) is 0 Å². The van der Waals surface area contributed by atoms with Crippen molar-refractivity contribution in [1.29, 1.82) is 0 Å². The third-order valence-electron chi connectivity index (χ3n) is 3.57. The van der Waals surface area contributed by atoms with Crippen molar-refractivity contribution in [3.8, 4) is 0 Å². The Morgan fingerprint density at radius 1 is 1.06 bits per heavy atom. The number of benzene rings is 1. The highest BCUT2D eigenvalue weighted by Crippen LogP contribution is 2.27. The van der Waals surface area contributed by atoms with Crippen LogP contribution in [0.1, 0.15) is 45.6 Å². The van der Waals surface area contributed by atoms with Crippen molar-refractivity contribution in [2.75, 3.05) is 6.54 Å². The monoisotopic (exact) mass is 469 g/mol. The highest BCUT2D eigenvalue weighted by atomic mass is 32.2. The van der Waals surface area contributed by atoms with Gasteiger partial charge in [-0.05, 0) is 45.6 Å². The van der Waals surface area contributed by atoms with Gasteiger partial charge in [0, 0.05) is 6.54 Å². The van der Waals surface area contributed by atoms with Crippen molar-refractivity contribution >= 4 is 22.2 Å². The molecule has 0 spiro atoms. The number of nitrogens with one attached hydrogen (secondary N) is 1. The van der Waals surface area contributed by atoms with E-state index in [2.05, 4.69) is 9.50 Å². The van der Waals surface area contributed by atoms with E-state index in [1.807, 2.05) is 0 Å². The van der Waals surface area contributed by atoms with Gasteiger partial charge in [-0.25, -0.2) is 13.8 Å². The Bertz CT molecular complexity index is 821. The Morgan fingerprint density at radius 2 is 1.68 bits per heavy atom. The largest absolute Gasteiger partial charge is 0.523 e. The van der Waals surface area contributed by atoms with E-state index in [0.717, 1.165) is 0 Å². The first-order valence-corrected chi connectivity index (χ1v) is 10.8. The van der Waals surface area contributed by atoms with Crippen LogP contribution < -0.4 is 5.32 Å². The number of ether oxygens (including phenoxy) is 2. The molecule has 1 amide bonds. The Balaban J connectivity index is 2.64. The van der Waals surface area contributed by atoms with E-state index >= 15 is 0 Å². The van der Waals surface area contributed by atoms with Crippen LogP contribution >= 0.6 is 0 Å². The van der Waals surface area contributed by atoms with E-state index in [4.69, 9.17) is 9.47 Å². The highest BCUT2D eigenvalue weighted by molar-refractivity contribution is 7.87. The normalized spacial score (nSPS) is 13.4. The maximum atomic E-state index is 12.6. The van der Waals surface area contributed by atoms with Crippen LogP contribution in [-0.4, -0.2) is 44.2 Å². The molecule has 31 heavy (non-hydrogen) atoms. The fourth-order valence-electron chi connectivity index (χ4n) is 2.19. The van der Waals surface area contributed by atoms with Crippen LogP contribution in [0.2, 0.25) is 0 Å². The van der Waals surface area contributed by atoms with Crippen LogP contribution in [0.15, 0.2) is 30.3 Å². The van der Waals surface area contributed by atoms with Gasteiger partial charge in [-0.2, -0.15) is 21.6 Å². The maximum absolute atomic E-state index is 12.6. The predicted octanol–water partition coefficient (Wildman–Crippen LogP) is 3.66. The summed E-state index contributed by atoms with van der Waals surface area (Å²) in [6, 6.07) is 8.31. The number of alkyl carbamates (subject to hydrolysis) is 1. The molecule has 1 aromatic carbocycles. The molecule has 1 rings (SSSR count). The zero-order valence-corrected chi connectivity index (χ0v) is 18.2. The number of amides is 1. The first-order valence-electron chi connectivity index (χ1n) is 9.38. The Labute approximate surface area is 179 Å². The summed E-state index contributed by atoms with van der Waals surface area (Å²) in [5.41, 5.74) is -5.81. The lowest BCUT2D eigenvalue weighted by atomic mass is 10.1. The topological polar surface area (TPSA) is 108 Å². The molecule has 0 aliphatic rings. The molecule has 176 valence electrons. The van der Waals surface area contributed by atoms with Crippen molar-refractivity contribution in [1.82, 2.24) is 5.32 Å². The zero-order valence-electron chi connectivity index (χ0n) is 17.4. The summed E-state index contributed by atoms with van der Waals surface area (Å²) in [5, 5.41) is 2.44. The third kappa shape index (κ3) is 10.5. The minimum Gasteiger partial charge on any atom is -0.459 e. The van der Waals surface area contributed by atoms with Gasteiger partial charge in [0.1, 0.15) is 12.2 Å². The standard InChI is InChI=1S/C19H26F3NO7S/c1-18(2,3)29-17(25)23-12-8-7-11-15(30-31(26,27)19(20,21)22)16(24)28-13-14-9-5-4-6-10-14/h4-6,9-10,15H,7-8,11-13H2,1-3H3,(H,23,25). The van der Waals surface area contributed by atoms with Crippen LogP contribution in [0.4, 0.5) is 18.0 Å². The number of rotatable bonds is 10. The molecule has 0 aliphatic carbocycles. The second kappa shape index (κ2) is 11.3. The Hall–Kier alpha value is -2.34. The minimum absolute atomic E-state index is 0.0777. The first kappa shape index (κ1) is 26.7. The molecule has 1 atom stereocenters. The van der Waals surface area contributed by atoms with Gasteiger partial charge in [-0.3, -0.25) is 0 Å². The number of esters is 1. The summed E-state index contributed by atoms with van der Waals surface area (Å²) < 4.78 is 74.6. The second-order valence-electron chi connectivity index (χ2n) is 7.50. The third-order valence-corrected chi connectivity index (χ3v) is 4.63. The van der Waals surface area contributed by atoms with Crippen LogP contribution in [0.5, 0.6) is 0 Å². The predicted molar refractivity (Wildman–Crippen MR) is 104 cm³/mol. The lowest BCUT2D eigenvalue weighted by molar-refractivity contribution is -0.154. The first-order chi connectivity index (χ1) is 14.2. The molecule has 0 heterocycles. The number of carbonyl (C=O) groups is 2. The fourth-order valence-corrected chi connectivity index (χ4v) is 2.78. The number of halogens is 3. The molecule has 0 aliphatic heterocycles. The summed E-state index contributed by atoms with van der Waals surface area (Å²) in [7, 11) is -5.99. The molecule has 8 nitrogen and oxygen atoms in total. The van der Waals surface area contributed by atoms with Gasteiger partial charge in [-0.1, -0.05) is 30.3 Å². The average Bonchev–Trinajstić information content (AvgIpc) is 2.63. The van der Waals surface area contributed by atoms with E-state index in [1.165, 1.54) is 0 Å².